The molecule has 5 heteroatoms. The summed E-state index contributed by atoms with van der Waals surface area (Å²) in [7, 11) is 1.20. The minimum Gasteiger partial charge on any atom is -0.467 e. The van der Waals surface area contributed by atoms with Crippen molar-refractivity contribution in [2.75, 3.05) is 7.11 Å². The second-order valence-electron chi connectivity index (χ2n) is 3.26. The highest BCUT2D eigenvalue weighted by Gasteiger charge is 2.22. The van der Waals surface area contributed by atoms with Crippen LogP contribution in [0.4, 0.5) is 0 Å². The molecule has 0 aliphatic rings. The van der Waals surface area contributed by atoms with Crippen LogP contribution in [0.2, 0.25) is 5.02 Å². The molecule has 1 unspecified atom stereocenters. The molecule has 1 atom stereocenters. The van der Waals surface area contributed by atoms with Crippen molar-refractivity contribution >= 4 is 28.5 Å². The van der Waals surface area contributed by atoms with Crippen LogP contribution in [0.1, 0.15) is 11.9 Å². The molecule has 2 rings (SSSR count). The Morgan fingerprint density at radius 2 is 2.25 bits per heavy atom. The number of benzene rings is 1. The fourth-order valence-corrected chi connectivity index (χ4v) is 1.58. The molecule has 1 N–H and O–H groups in total. The summed E-state index contributed by atoms with van der Waals surface area (Å²) in [5.41, 5.74) is 0.558. The minimum absolute atomic E-state index is 0.143. The van der Waals surface area contributed by atoms with Crippen LogP contribution < -0.4 is 0 Å². The van der Waals surface area contributed by atoms with Crippen molar-refractivity contribution in [3.8, 4) is 0 Å². The topological polar surface area (TPSA) is 59.7 Å². The number of hydrogen-bond acceptors (Lipinski definition) is 4. The van der Waals surface area contributed by atoms with E-state index < -0.39 is 12.1 Å². The number of furan rings is 1. The lowest BCUT2D eigenvalue weighted by molar-refractivity contribution is -0.151. The van der Waals surface area contributed by atoms with Crippen molar-refractivity contribution in [3.05, 3.63) is 35.0 Å². The van der Waals surface area contributed by atoms with Crippen LogP contribution in [-0.2, 0) is 9.53 Å². The second kappa shape index (κ2) is 4.15. The molecule has 84 valence electrons. The Labute approximate surface area is 96.4 Å². The van der Waals surface area contributed by atoms with Crippen molar-refractivity contribution < 1.29 is 19.1 Å². The van der Waals surface area contributed by atoms with Crippen molar-refractivity contribution in [2.45, 2.75) is 6.10 Å². The number of aliphatic hydroxyl groups is 1. The Hall–Kier alpha value is -1.52. The van der Waals surface area contributed by atoms with Gasteiger partial charge in [0.15, 0.2) is 0 Å². The van der Waals surface area contributed by atoms with Gasteiger partial charge in [0.1, 0.15) is 11.3 Å². The van der Waals surface area contributed by atoms with Gasteiger partial charge in [0.2, 0.25) is 6.10 Å². The molecule has 0 saturated heterocycles. The van der Waals surface area contributed by atoms with Gasteiger partial charge in [-0.25, -0.2) is 4.79 Å². The number of esters is 1. The van der Waals surface area contributed by atoms with E-state index in [0.717, 1.165) is 5.39 Å². The average molecular weight is 241 g/mol. The Morgan fingerprint density at radius 1 is 1.50 bits per heavy atom. The van der Waals surface area contributed by atoms with Crippen molar-refractivity contribution in [1.29, 1.82) is 0 Å². The van der Waals surface area contributed by atoms with Gasteiger partial charge in [-0.05, 0) is 24.3 Å². The summed E-state index contributed by atoms with van der Waals surface area (Å²) in [4.78, 5) is 11.1. The van der Waals surface area contributed by atoms with Crippen LogP contribution in [0.5, 0.6) is 0 Å². The summed E-state index contributed by atoms with van der Waals surface area (Å²) < 4.78 is 9.71. The molecule has 1 aromatic carbocycles. The zero-order valence-corrected chi connectivity index (χ0v) is 9.19. The van der Waals surface area contributed by atoms with Gasteiger partial charge in [-0.2, -0.15) is 0 Å². The predicted molar refractivity (Wildman–Crippen MR) is 58.2 cm³/mol. The number of methoxy groups -OCH3 is 1. The lowest BCUT2D eigenvalue weighted by Gasteiger charge is -2.03. The first kappa shape index (κ1) is 11.0. The van der Waals surface area contributed by atoms with Gasteiger partial charge < -0.3 is 14.3 Å². The van der Waals surface area contributed by atoms with E-state index in [4.69, 9.17) is 16.0 Å². The van der Waals surface area contributed by atoms with Crippen LogP contribution in [0.25, 0.3) is 11.0 Å². The van der Waals surface area contributed by atoms with E-state index in [0.29, 0.717) is 10.6 Å². The average Bonchev–Trinajstić information content (AvgIpc) is 2.69. The zero-order chi connectivity index (χ0) is 11.7. The molecule has 1 aromatic heterocycles. The molecular formula is C11H9ClO4. The van der Waals surface area contributed by atoms with Crippen molar-refractivity contribution in [1.82, 2.24) is 0 Å². The first-order valence-corrected chi connectivity index (χ1v) is 4.94. The van der Waals surface area contributed by atoms with E-state index in [9.17, 15) is 9.90 Å². The predicted octanol–water partition coefficient (Wildman–Crippen LogP) is 2.29. The third kappa shape index (κ3) is 1.89. The lowest BCUT2D eigenvalue weighted by Crippen LogP contribution is -2.12. The molecular weight excluding hydrogens is 232 g/mol. The third-order valence-electron chi connectivity index (χ3n) is 2.19. The van der Waals surface area contributed by atoms with Gasteiger partial charge in [-0.15, -0.1) is 0 Å². The van der Waals surface area contributed by atoms with Crippen LogP contribution in [-0.4, -0.2) is 18.2 Å². The normalized spacial score (nSPS) is 12.7. The maximum absolute atomic E-state index is 11.1. The highest BCUT2D eigenvalue weighted by molar-refractivity contribution is 6.31. The molecule has 4 nitrogen and oxygen atoms in total. The first-order valence-electron chi connectivity index (χ1n) is 4.56. The third-order valence-corrected chi connectivity index (χ3v) is 2.43. The molecule has 0 fully saturated rings. The van der Waals surface area contributed by atoms with Gasteiger partial charge in [0, 0.05) is 10.4 Å². The Balaban J connectivity index is 2.43. The number of fused-ring (bicyclic) bond motifs is 1. The lowest BCUT2D eigenvalue weighted by atomic mass is 10.2. The second-order valence-corrected chi connectivity index (χ2v) is 3.69. The smallest absolute Gasteiger partial charge is 0.342 e. The van der Waals surface area contributed by atoms with Crippen LogP contribution in [0.15, 0.2) is 28.7 Å². The maximum atomic E-state index is 11.1. The number of ether oxygens (including phenoxy) is 1. The molecule has 0 aliphatic carbocycles. The molecule has 0 spiro atoms. The largest absolute Gasteiger partial charge is 0.467 e. The summed E-state index contributed by atoms with van der Waals surface area (Å²) in [6, 6.07) is 6.59. The quantitative estimate of drug-likeness (QED) is 0.819. The molecule has 0 aliphatic heterocycles. The monoisotopic (exact) mass is 240 g/mol. The standard InChI is InChI=1S/C11H9ClO4/c1-15-11(14)10(13)9-5-6-4-7(12)2-3-8(6)16-9/h2-5,10,13H,1H3. The summed E-state index contributed by atoms with van der Waals surface area (Å²) >= 11 is 5.80. The van der Waals surface area contributed by atoms with Gasteiger partial charge in [-0.1, -0.05) is 11.6 Å². The number of aliphatic hydroxyl groups excluding tert-OH is 1. The summed E-state index contributed by atoms with van der Waals surface area (Å²) in [5.74, 6) is -0.616. The van der Waals surface area contributed by atoms with E-state index in [-0.39, 0.29) is 5.76 Å². The molecule has 16 heavy (non-hydrogen) atoms. The fourth-order valence-electron chi connectivity index (χ4n) is 1.40. The highest BCUT2D eigenvalue weighted by atomic mass is 35.5. The van der Waals surface area contributed by atoms with E-state index in [1.807, 2.05) is 0 Å². The molecule has 0 saturated carbocycles. The van der Waals surface area contributed by atoms with Gasteiger partial charge >= 0.3 is 5.97 Å². The Kier molecular flexibility index (Phi) is 2.85. The van der Waals surface area contributed by atoms with Gasteiger partial charge in [-0.3, -0.25) is 0 Å². The van der Waals surface area contributed by atoms with Crippen molar-refractivity contribution in [2.24, 2.45) is 0 Å². The maximum Gasteiger partial charge on any atom is 0.342 e. The molecule has 0 amide bonds. The molecule has 0 bridgehead atoms. The zero-order valence-electron chi connectivity index (χ0n) is 8.44. The van der Waals surface area contributed by atoms with E-state index in [2.05, 4.69) is 4.74 Å². The number of carbonyl (C=O) groups excluding carboxylic acids is 1. The Morgan fingerprint density at radius 3 is 2.94 bits per heavy atom. The fraction of sp³-hybridized carbons (Fsp3) is 0.182. The van der Waals surface area contributed by atoms with Crippen LogP contribution in [0, 0.1) is 0 Å². The SMILES string of the molecule is COC(=O)C(O)c1cc2cc(Cl)ccc2o1. The van der Waals surface area contributed by atoms with E-state index in [1.54, 1.807) is 24.3 Å². The van der Waals surface area contributed by atoms with Crippen LogP contribution >= 0.6 is 11.6 Å². The number of halogens is 1. The van der Waals surface area contributed by atoms with Crippen LogP contribution in [0.3, 0.4) is 0 Å². The van der Waals surface area contributed by atoms with Crippen molar-refractivity contribution in [3.63, 3.8) is 0 Å². The van der Waals surface area contributed by atoms with Gasteiger partial charge in [0.25, 0.3) is 0 Å². The summed E-state index contributed by atoms with van der Waals surface area (Å²) in [5, 5.41) is 10.8. The Bertz CT molecular complexity index is 532. The molecule has 0 radical (unpaired) electrons. The number of carbonyl (C=O) groups is 1. The minimum atomic E-state index is -1.41. The summed E-state index contributed by atoms with van der Waals surface area (Å²) in [6.45, 7) is 0. The van der Waals surface area contributed by atoms with E-state index >= 15 is 0 Å². The number of rotatable bonds is 2. The summed E-state index contributed by atoms with van der Waals surface area (Å²) in [6.07, 6.45) is -1.41. The van der Waals surface area contributed by atoms with Gasteiger partial charge in [0.05, 0.1) is 7.11 Å². The first-order chi connectivity index (χ1) is 7.61. The van der Waals surface area contributed by atoms with E-state index in [1.165, 1.54) is 7.11 Å². The molecule has 1 heterocycles. The highest BCUT2D eigenvalue weighted by Crippen LogP contribution is 2.26. The number of hydrogen-bond donors (Lipinski definition) is 1. The molecule has 2 aromatic rings.